The normalized spacial score (nSPS) is 10.4. The molecule has 72 valence electrons. The monoisotopic (exact) mass is 193 g/mol. The number of hydrogen-bond donors (Lipinski definition) is 0. The van der Waals surface area contributed by atoms with E-state index in [2.05, 4.69) is 5.10 Å². The molecule has 6 heteroatoms. The van der Waals surface area contributed by atoms with Crippen LogP contribution in [0.3, 0.4) is 0 Å². The highest BCUT2D eigenvalue weighted by Crippen LogP contribution is 2.27. The Morgan fingerprint density at radius 3 is 3.00 bits per heavy atom. The van der Waals surface area contributed by atoms with Gasteiger partial charge in [0.2, 0.25) is 0 Å². The van der Waals surface area contributed by atoms with E-state index in [1.807, 2.05) is 0 Å². The van der Waals surface area contributed by atoms with Gasteiger partial charge in [-0.3, -0.25) is 10.1 Å². The molecule has 0 N–H and O–H groups in total. The van der Waals surface area contributed by atoms with E-state index in [9.17, 15) is 10.1 Å². The number of nitrogens with zero attached hydrogens (tertiary/aromatic N) is 3. The summed E-state index contributed by atoms with van der Waals surface area (Å²) in [6.45, 7) is 1.62. The van der Waals surface area contributed by atoms with Gasteiger partial charge in [-0.2, -0.15) is 5.10 Å². The van der Waals surface area contributed by atoms with Crippen LogP contribution in [-0.2, 0) is 0 Å². The Bertz CT molecular complexity index is 458. The van der Waals surface area contributed by atoms with Crippen LogP contribution in [-0.4, -0.2) is 14.7 Å². The van der Waals surface area contributed by atoms with Gasteiger partial charge in [0.15, 0.2) is 0 Å². The molecule has 2 aromatic rings. The minimum Gasteiger partial charge on any atom is -0.441 e. The second kappa shape index (κ2) is 2.99. The Morgan fingerprint density at radius 2 is 2.43 bits per heavy atom. The van der Waals surface area contributed by atoms with Crippen LogP contribution in [0, 0.1) is 17.0 Å². The van der Waals surface area contributed by atoms with E-state index < -0.39 is 4.92 Å². The third-order valence-corrected chi connectivity index (χ3v) is 1.82. The van der Waals surface area contributed by atoms with Crippen LogP contribution in [0.15, 0.2) is 29.1 Å². The fourth-order valence-electron chi connectivity index (χ4n) is 1.20. The lowest BCUT2D eigenvalue weighted by Gasteiger charge is -1.94. The van der Waals surface area contributed by atoms with Crippen molar-refractivity contribution in [2.24, 2.45) is 0 Å². The second-order valence-corrected chi connectivity index (χ2v) is 2.78. The molecule has 0 radical (unpaired) electrons. The molecule has 0 atom stereocenters. The SMILES string of the molecule is Cc1coc(-n2cccn2)c1[N+](=O)[O-]. The number of rotatable bonds is 2. The van der Waals surface area contributed by atoms with E-state index in [1.54, 1.807) is 19.2 Å². The zero-order chi connectivity index (χ0) is 10.1. The van der Waals surface area contributed by atoms with Crippen molar-refractivity contribution < 1.29 is 9.34 Å². The molecule has 0 saturated carbocycles. The third kappa shape index (κ3) is 1.17. The lowest BCUT2D eigenvalue weighted by Crippen LogP contribution is -1.98. The van der Waals surface area contributed by atoms with Crippen LogP contribution < -0.4 is 0 Å². The maximum atomic E-state index is 10.7. The van der Waals surface area contributed by atoms with E-state index in [0.717, 1.165) is 0 Å². The van der Waals surface area contributed by atoms with Crippen molar-refractivity contribution in [3.8, 4) is 5.88 Å². The van der Waals surface area contributed by atoms with Gasteiger partial charge in [0.1, 0.15) is 6.26 Å². The average molecular weight is 193 g/mol. The molecule has 6 nitrogen and oxygen atoms in total. The molecule has 0 bridgehead atoms. The lowest BCUT2D eigenvalue weighted by atomic mass is 10.3. The molecule has 2 aromatic heterocycles. The second-order valence-electron chi connectivity index (χ2n) is 2.78. The van der Waals surface area contributed by atoms with Crippen molar-refractivity contribution in [1.29, 1.82) is 0 Å². The predicted octanol–water partition coefficient (Wildman–Crippen LogP) is 1.68. The molecule has 0 aliphatic carbocycles. The summed E-state index contributed by atoms with van der Waals surface area (Å²) < 4.78 is 6.38. The first-order valence-electron chi connectivity index (χ1n) is 3.92. The van der Waals surface area contributed by atoms with Gasteiger partial charge in [-0.15, -0.1) is 0 Å². The summed E-state index contributed by atoms with van der Waals surface area (Å²) in [5.41, 5.74) is 0.439. The summed E-state index contributed by atoms with van der Waals surface area (Å²) in [5, 5.41) is 14.6. The van der Waals surface area contributed by atoms with Gasteiger partial charge in [-0.1, -0.05) is 0 Å². The van der Waals surface area contributed by atoms with Gasteiger partial charge in [0.05, 0.1) is 10.5 Å². The van der Waals surface area contributed by atoms with E-state index in [-0.39, 0.29) is 11.6 Å². The fourth-order valence-corrected chi connectivity index (χ4v) is 1.20. The van der Waals surface area contributed by atoms with Crippen molar-refractivity contribution in [1.82, 2.24) is 9.78 Å². The maximum Gasteiger partial charge on any atom is 0.337 e. The third-order valence-electron chi connectivity index (χ3n) is 1.82. The Morgan fingerprint density at radius 1 is 1.64 bits per heavy atom. The molecule has 2 heterocycles. The molecule has 0 aromatic carbocycles. The highest BCUT2D eigenvalue weighted by molar-refractivity contribution is 5.50. The van der Waals surface area contributed by atoms with E-state index in [4.69, 9.17) is 4.42 Å². The molecule has 0 aliphatic rings. The number of furan rings is 1. The van der Waals surface area contributed by atoms with Gasteiger partial charge in [-0.05, 0) is 13.0 Å². The van der Waals surface area contributed by atoms with Crippen molar-refractivity contribution >= 4 is 5.69 Å². The van der Waals surface area contributed by atoms with Crippen molar-refractivity contribution in [3.63, 3.8) is 0 Å². The molecular formula is C8H7N3O3. The minimum atomic E-state index is -0.476. The standard InChI is InChI=1S/C8H7N3O3/c1-6-5-14-8(7(6)11(12)13)10-4-2-3-9-10/h2-5H,1H3. The van der Waals surface area contributed by atoms with Gasteiger partial charge in [-0.25, -0.2) is 4.68 Å². The summed E-state index contributed by atoms with van der Waals surface area (Å²) in [6, 6.07) is 1.67. The predicted molar refractivity (Wildman–Crippen MR) is 47.2 cm³/mol. The first-order chi connectivity index (χ1) is 6.70. The minimum absolute atomic E-state index is 0.0475. The van der Waals surface area contributed by atoms with Crippen LogP contribution in [0.4, 0.5) is 5.69 Å². The fraction of sp³-hybridized carbons (Fsp3) is 0.125. The summed E-state index contributed by atoms with van der Waals surface area (Å²) in [4.78, 5) is 10.2. The molecular weight excluding hydrogens is 186 g/mol. The molecule has 0 fully saturated rings. The quantitative estimate of drug-likeness (QED) is 0.537. The smallest absolute Gasteiger partial charge is 0.337 e. The number of nitro groups is 1. The summed E-state index contributed by atoms with van der Waals surface area (Å²) >= 11 is 0. The Labute approximate surface area is 78.9 Å². The number of aryl methyl sites for hydroxylation is 1. The van der Waals surface area contributed by atoms with Gasteiger partial charge in [0.25, 0.3) is 0 Å². The maximum absolute atomic E-state index is 10.7. The Balaban J connectivity index is 2.60. The molecule has 0 spiro atoms. The van der Waals surface area contributed by atoms with Crippen molar-refractivity contribution in [2.75, 3.05) is 0 Å². The van der Waals surface area contributed by atoms with Crippen LogP contribution in [0.5, 0.6) is 0 Å². The number of aromatic nitrogens is 2. The number of hydrogen-bond acceptors (Lipinski definition) is 4. The molecule has 0 saturated heterocycles. The largest absolute Gasteiger partial charge is 0.441 e. The summed E-state index contributed by atoms with van der Waals surface area (Å²) in [7, 11) is 0. The first kappa shape index (κ1) is 8.49. The highest BCUT2D eigenvalue weighted by Gasteiger charge is 2.23. The first-order valence-corrected chi connectivity index (χ1v) is 3.92. The zero-order valence-corrected chi connectivity index (χ0v) is 7.38. The highest BCUT2D eigenvalue weighted by atomic mass is 16.6. The van der Waals surface area contributed by atoms with Gasteiger partial charge in [0, 0.05) is 12.4 Å². The van der Waals surface area contributed by atoms with Gasteiger partial charge >= 0.3 is 11.6 Å². The molecule has 14 heavy (non-hydrogen) atoms. The molecule has 0 aliphatic heterocycles. The molecule has 2 rings (SSSR count). The van der Waals surface area contributed by atoms with Gasteiger partial charge < -0.3 is 4.42 Å². The van der Waals surface area contributed by atoms with E-state index >= 15 is 0 Å². The van der Waals surface area contributed by atoms with Crippen LogP contribution in [0.2, 0.25) is 0 Å². The Hall–Kier alpha value is -2.11. The van der Waals surface area contributed by atoms with Crippen molar-refractivity contribution in [2.45, 2.75) is 6.92 Å². The molecule has 0 unspecified atom stereocenters. The van der Waals surface area contributed by atoms with Crippen molar-refractivity contribution in [3.05, 3.63) is 40.4 Å². The molecule has 0 amide bonds. The topological polar surface area (TPSA) is 74.1 Å². The average Bonchev–Trinajstić information content (AvgIpc) is 2.70. The Kier molecular flexibility index (Phi) is 1.81. The zero-order valence-electron chi connectivity index (χ0n) is 7.38. The van der Waals surface area contributed by atoms with Crippen LogP contribution >= 0.6 is 0 Å². The van der Waals surface area contributed by atoms with E-state index in [0.29, 0.717) is 5.56 Å². The lowest BCUT2D eigenvalue weighted by molar-refractivity contribution is -0.385. The van der Waals surface area contributed by atoms with Crippen LogP contribution in [0.25, 0.3) is 5.88 Å². The summed E-state index contributed by atoms with van der Waals surface area (Å²) in [6.07, 6.45) is 4.46. The van der Waals surface area contributed by atoms with Crippen LogP contribution in [0.1, 0.15) is 5.56 Å². The summed E-state index contributed by atoms with van der Waals surface area (Å²) in [5.74, 6) is 0.137. The van der Waals surface area contributed by atoms with E-state index in [1.165, 1.54) is 17.1 Å².